The summed E-state index contributed by atoms with van der Waals surface area (Å²) in [6.07, 6.45) is 3.83. The van der Waals surface area contributed by atoms with Crippen molar-refractivity contribution in [3.8, 4) is 0 Å². The van der Waals surface area contributed by atoms with Crippen molar-refractivity contribution in [1.29, 1.82) is 0 Å². The number of carbonyl (C=O) groups excluding carboxylic acids is 1. The van der Waals surface area contributed by atoms with Gasteiger partial charge in [-0.2, -0.15) is 0 Å². The maximum Gasteiger partial charge on any atom is 0.272 e. The summed E-state index contributed by atoms with van der Waals surface area (Å²) in [5, 5.41) is 13.6. The Labute approximate surface area is 101 Å². The molecule has 0 spiro atoms. The van der Waals surface area contributed by atoms with E-state index in [1.54, 1.807) is 18.2 Å². The van der Waals surface area contributed by atoms with E-state index >= 15 is 0 Å². The second-order valence-electron chi connectivity index (χ2n) is 3.58. The van der Waals surface area contributed by atoms with Crippen molar-refractivity contribution in [3.63, 3.8) is 0 Å². The molecule has 2 N–H and O–H groups in total. The van der Waals surface area contributed by atoms with E-state index < -0.39 is 0 Å². The van der Waals surface area contributed by atoms with Gasteiger partial charge >= 0.3 is 0 Å². The van der Waals surface area contributed by atoms with E-state index in [0.29, 0.717) is 18.1 Å². The van der Waals surface area contributed by atoms with Crippen LogP contribution >= 0.6 is 0 Å². The van der Waals surface area contributed by atoms with Crippen LogP contribution in [0.15, 0.2) is 24.8 Å². The Morgan fingerprint density at radius 1 is 1.47 bits per heavy atom. The summed E-state index contributed by atoms with van der Waals surface area (Å²) in [6, 6.07) is 3.41. The minimum Gasteiger partial charge on any atom is -0.369 e. The van der Waals surface area contributed by atoms with E-state index in [9.17, 15) is 4.79 Å². The summed E-state index contributed by atoms with van der Waals surface area (Å²) in [4.78, 5) is 11.5. The van der Waals surface area contributed by atoms with Crippen molar-refractivity contribution >= 4 is 11.7 Å². The van der Waals surface area contributed by atoms with Crippen molar-refractivity contribution in [2.75, 3.05) is 18.4 Å². The van der Waals surface area contributed by atoms with E-state index in [2.05, 4.69) is 34.3 Å². The maximum atomic E-state index is 11.5. The molecule has 1 rings (SSSR count). The van der Waals surface area contributed by atoms with Gasteiger partial charge in [0.05, 0.1) is 0 Å². The molecular weight excluding hydrogens is 216 g/mol. The van der Waals surface area contributed by atoms with Gasteiger partial charge < -0.3 is 10.6 Å². The molecule has 5 heteroatoms. The molecule has 0 unspecified atom stereocenters. The first-order valence-electron chi connectivity index (χ1n) is 5.74. The van der Waals surface area contributed by atoms with Crippen molar-refractivity contribution < 1.29 is 4.79 Å². The lowest BCUT2D eigenvalue weighted by Gasteiger charge is -2.04. The molecule has 1 aromatic rings. The van der Waals surface area contributed by atoms with Gasteiger partial charge in [0.15, 0.2) is 5.69 Å². The Morgan fingerprint density at radius 2 is 2.29 bits per heavy atom. The first-order valence-corrected chi connectivity index (χ1v) is 5.74. The van der Waals surface area contributed by atoms with Crippen LogP contribution in [0.3, 0.4) is 0 Å². The third-order valence-corrected chi connectivity index (χ3v) is 2.14. The van der Waals surface area contributed by atoms with Crippen molar-refractivity contribution in [3.05, 3.63) is 30.5 Å². The zero-order valence-electron chi connectivity index (χ0n) is 10.1. The van der Waals surface area contributed by atoms with Gasteiger partial charge in [-0.25, -0.2) is 0 Å². The van der Waals surface area contributed by atoms with Crippen molar-refractivity contribution in [2.24, 2.45) is 0 Å². The summed E-state index contributed by atoms with van der Waals surface area (Å²) in [7, 11) is 0. The first-order chi connectivity index (χ1) is 8.27. The second kappa shape index (κ2) is 7.38. The number of carbonyl (C=O) groups is 1. The maximum absolute atomic E-state index is 11.5. The number of rotatable bonds is 7. The highest BCUT2D eigenvalue weighted by molar-refractivity contribution is 5.92. The zero-order chi connectivity index (χ0) is 12.5. The fourth-order valence-electron chi connectivity index (χ4n) is 1.20. The standard InChI is InChI=1S/C12H18N4O/c1-3-5-9-13-11-7-6-10(15-16-11)12(17)14-8-4-2/h4,6-7H,2-3,5,8-9H2,1H3,(H,13,16)(H,14,17). The average Bonchev–Trinajstić information content (AvgIpc) is 2.37. The van der Waals surface area contributed by atoms with Gasteiger partial charge in [-0.05, 0) is 18.6 Å². The van der Waals surface area contributed by atoms with Gasteiger partial charge in [0.25, 0.3) is 5.91 Å². The van der Waals surface area contributed by atoms with Crippen LogP contribution in [0.2, 0.25) is 0 Å². The summed E-state index contributed by atoms with van der Waals surface area (Å²) >= 11 is 0. The molecular formula is C12H18N4O. The van der Waals surface area contributed by atoms with Gasteiger partial charge in [-0.15, -0.1) is 16.8 Å². The number of anilines is 1. The van der Waals surface area contributed by atoms with Crippen LogP contribution in [-0.4, -0.2) is 29.2 Å². The van der Waals surface area contributed by atoms with E-state index in [4.69, 9.17) is 0 Å². The van der Waals surface area contributed by atoms with Crippen molar-refractivity contribution in [1.82, 2.24) is 15.5 Å². The van der Waals surface area contributed by atoms with Gasteiger partial charge in [0.2, 0.25) is 0 Å². The van der Waals surface area contributed by atoms with E-state index in [1.165, 1.54) is 0 Å². The monoisotopic (exact) mass is 234 g/mol. The highest BCUT2D eigenvalue weighted by Crippen LogP contribution is 2.02. The molecule has 0 aliphatic carbocycles. The number of amides is 1. The number of aromatic nitrogens is 2. The van der Waals surface area contributed by atoms with Gasteiger partial charge in [-0.3, -0.25) is 4.79 Å². The molecule has 0 aromatic carbocycles. The third kappa shape index (κ3) is 4.63. The Kier molecular flexibility index (Phi) is 5.71. The number of unbranched alkanes of at least 4 members (excludes halogenated alkanes) is 1. The van der Waals surface area contributed by atoms with E-state index in [-0.39, 0.29) is 5.91 Å². The molecule has 1 aromatic heterocycles. The number of hydrogen-bond donors (Lipinski definition) is 2. The van der Waals surface area contributed by atoms with Crippen LogP contribution in [0.5, 0.6) is 0 Å². The van der Waals surface area contributed by atoms with Crippen molar-refractivity contribution in [2.45, 2.75) is 19.8 Å². The topological polar surface area (TPSA) is 66.9 Å². The molecule has 17 heavy (non-hydrogen) atoms. The molecule has 5 nitrogen and oxygen atoms in total. The van der Waals surface area contributed by atoms with E-state index in [1.807, 2.05) is 0 Å². The minimum absolute atomic E-state index is 0.238. The molecule has 0 saturated carbocycles. The number of hydrogen-bond acceptors (Lipinski definition) is 4. The highest BCUT2D eigenvalue weighted by atomic mass is 16.1. The quantitative estimate of drug-likeness (QED) is 0.555. The van der Waals surface area contributed by atoms with Gasteiger partial charge in [0.1, 0.15) is 5.82 Å². The molecule has 0 aliphatic rings. The fraction of sp³-hybridized carbons (Fsp3) is 0.417. The van der Waals surface area contributed by atoms with Crippen LogP contribution < -0.4 is 10.6 Å². The molecule has 92 valence electrons. The van der Waals surface area contributed by atoms with Crippen LogP contribution in [0.1, 0.15) is 30.3 Å². The first kappa shape index (κ1) is 13.2. The Balaban J connectivity index is 2.49. The molecule has 1 amide bonds. The molecule has 0 aliphatic heterocycles. The number of nitrogens with zero attached hydrogens (tertiary/aromatic N) is 2. The Morgan fingerprint density at radius 3 is 2.88 bits per heavy atom. The Bertz CT molecular complexity index is 361. The van der Waals surface area contributed by atoms with Gasteiger partial charge in [0, 0.05) is 13.1 Å². The summed E-state index contributed by atoms with van der Waals surface area (Å²) in [5.74, 6) is 0.455. The lowest BCUT2D eigenvalue weighted by atomic mass is 10.3. The fourth-order valence-corrected chi connectivity index (χ4v) is 1.20. The number of nitrogens with one attached hydrogen (secondary N) is 2. The predicted molar refractivity (Wildman–Crippen MR) is 68.0 cm³/mol. The van der Waals surface area contributed by atoms with Crippen LogP contribution in [0, 0.1) is 0 Å². The molecule has 1 heterocycles. The third-order valence-electron chi connectivity index (χ3n) is 2.14. The second-order valence-corrected chi connectivity index (χ2v) is 3.58. The van der Waals surface area contributed by atoms with Crippen LogP contribution in [-0.2, 0) is 0 Å². The average molecular weight is 234 g/mol. The normalized spacial score (nSPS) is 9.71. The molecule has 0 atom stereocenters. The SMILES string of the molecule is C=CCNC(=O)c1ccc(NCCCC)nn1. The molecule has 0 fully saturated rings. The smallest absolute Gasteiger partial charge is 0.272 e. The highest BCUT2D eigenvalue weighted by Gasteiger charge is 2.06. The summed E-state index contributed by atoms with van der Waals surface area (Å²) in [5.41, 5.74) is 0.313. The van der Waals surface area contributed by atoms with Crippen LogP contribution in [0.25, 0.3) is 0 Å². The summed E-state index contributed by atoms with van der Waals surface area (Å²) < 4.78 is 0. The zero-order valence-corrected chi connectivity index (χ0v) is 10.1. The predicted octanol–water partition coefficient (Wildman–Crippen LogP) is 1.60. The molecule has 0 radical (unpaired) electrons. The summed E-state index contributed by atoms with van der Waals surface area (Å²) in [6.45, 7) is 6.94. The van der Waals surface area contributed by atoms with Gasteiger partial charge in [-0.1, -0.05) is 19.4 Å². The lowest BCUT2D eigenvalue weighted by molar-refractivity contribution is 0.0952. The molecule has 0 bridgehead atoms. The minimum atomic E-state index is -0.238. The van der Waals surface area contributed by atoms with Crippen LogP contribution in [0.4, 0.5) is 5.82 Å². The largest absolute Gasteiger partial charge is 0.369 e. The Hall–Kier alpha value is -1.91. The van der Waals surface area contributed by atoms with E-state index in [0.717, 1.165) is 19.4 Å². The molecule has 0 saturated heterocycles. The lowest BCUT2D eigenvalue weighted by Crippen LogP contribution is -2.24.